The van der Waals surface area contributed by atoms with Gasteiger partial charge in [0.05, 0.1) is 6.54 Å². The molecule has 7 nitrogen and oxygen atoms in total. The number of aromatic nitrogens is 6. The van der Waals surface area contributed by atoms with Crippen LogP contribution in [-0.4, -0.2) is 29.8 Å². The molecule has 1 saturated carbocycles. The lowest BCUT2D eigenvalue weighted by atomic mass is 9.98. The highest BCUT2D eigenvalue weighted by Crippen LogP contribution is 2.30. The molecule has 2 heterocycles. The van der Waals surface area contributed by atoms with Crippen molar-refractivity contribution in [3.05, 3.63) is 76.5 Å². The Balaban J connectivity index is 1.43. The first-order chi connectivity index (χ1) is 16.2. The number of H-pyrrole nitrogens is 1. The van der Waals surface area contributed by atoms with Crippen molar-refractivity contribution in [2.75, 3.05) is 0 Å². The summed E-state index contributed by atoms with van der Waals surface area (Å²) in [6, 6.07) is 16.9. The number of hydrogen-bond donors (Lipinski definition) is 1. The van der Waals surface area contributed by atoms with Gasteiger partial charge in [0.2, 0.25) is 0 Å². The lowest BCUT2D eigenvalue weighted by Crippen LogP contribution is -2.27. The van der Waals surface area contributed by atoms with Crippen LogP contribution in [0, 0.1) is 0 Å². The fourth-order valence-electron chi connectivity index (χ4n) is 4.91. The zero-order chi connectivity index (χ0) is 22.6. The number of aryl methyl sites for hydroxylation is 1. The minimum absolute atomic E-state index is 0.139. The van der Waals surface area contributed by atoms with E-state index in [4.69, 9.17) is 0 Å². The highest BCUT2D eigenvalue weighted by molar-refractivity contribution is 5.80. The zero-order valence-corrected chi connectivity index (χ0v) is 19.1. The zero-order valence-electron chi connectivity index (χ0n) is 19.1. The van der Waals surface area contributed by atoms with Crippen LogP contribution in [0.3, 0.4) is 0 Å². The van der Waals surface area contributed by atoms with Crippen LogP contribution in [0.1, 0.15) is 62.7 Å². The van der Waals surface area contributed by atoms with E-state index in [9.17, 15) is 4.79 Å². The summed E-state index contributed by atoms with van der Waals surface area (Å²) < 4.78 is 3.99. The molecular formula is C26H30N6O. The number of aromatic amines is 1. The molecule has 2 aromatic heterocycles. The molecule has 4 aromatic rings. The molecule has 1 fully saturated rings. The van der Waals surface area contributed by atoms with Crippen LogP contribution in [0.25, 0.3) is 22.5 Å². The molecule has 33 heavy (non-hydrogen) atoms. The van der Waals surface area contributed by atoms with E-state index in [0.717, 1.165) is 60.1 Å². The van der Waals surface area contributed by atoms with Crippen molar-refractivity contribution in [3.63, 3.8) is 0 Å². The van der Waals surface area contributed by atoms with Crippen LogP contribution in [0.15, 0.2) is 59.5 Å². The van der Waals surface area contributed by atoms with Gasteiger partial charge in [-0.25, -0.2) is 9.89 Å². The third-order valence-electron chi connectivity index (χ3n) is 6.72. The molecule has 1 N–H and O–H groups in total. The Kier molecular flexibility index (Phi) is 6.19. The second kappa shape index (κ2) is 9.57. The van der Waals surface area contributed by atoms with E-state index in [1.165, 1.54) is 12.8 Å². The van der Waals surface area contributed by atoms with Gasteiger partial charge in [-0.2, -0.15) is 0 Å². The maximum absolute atomic E-state index is 13.3. The predicted molar refractivity (Wildman–Crippen MR) is 129 cm³/mol. The molecule has 0 aliphatic heterocycles. The summed E-state index contributed by atoms with van der Waals surface area (Å²) in [5, 5.41) is 14.3. The molecule has 0 saturated heterocycles. The largest absolute Gasteiger partial charge is 0.328 e. The summed E-state index contributed by atoms with van der Waals surface area (Å²) in [6.07, 6.45) is 9.97. The fraction of sp³-hybridized carbons (Fsp3) is 0.385. The Labute approximate surface area is 193 Å². The van der Waals surface area contributed by atoms with Crippen molar-refractivity contribution < 1.29 is 0 Å². The highest BCUT2D eigenvalue weighted by atomic mass is 16.1. The van der Waals surface area contributed by atoms with Crippen molar-refractivity contribution in [1.29, 1.82) is 0 Å². The molecule has 0 spiro atoms. The smallest absolute Gasteiger partial charge is 0.296 e. The summed E-state index contributed by atoms with van der Waals surface area (Å²) in [6.45, 7) is 2.80. The van der Waals surface area contributed by atoms with Gasteiger partial charge in [-0.05, 0) is 52.8 Å². The lowest BCUT2D eigenvalue weighted by Gasteiger charge is -2.11. The molecule has 1 aliphatic carbocycles. The third kappa shape index (κ3) is 4.40. The lowest BCUT2D eigenvalue weighted by molar-refractivity contribution is 0.493. The summed E-state index contributed by atoms with van der Waals surface area (Å²) in [7, 11) is 0. The van der Waals surface area contributed by atoms with E-state index < -0.39 is 0 Å². The SMILES string of the molecule is CCCCc1cn(C2CCCC2)c(=O)n1Cc1ccc(-c2ccccc2-c2nnn[nH]2)cc1. The molecule has 170 valence electrons. The second-order valence-electron chi connectivity index (χ2n) is 8.93. The summed E-state index contributed by atoms with van der Waals surface area (Å²) in [4.78, 5) is 13.3. The number of benzene rings is 2. The van der Waals surface area contributed by atoms with Crippen LogP contribution in [0.5, 0.6) is 0 Å². The first-order valence-corrected chi connectivity index (χ1v) is 12.0. The number of nitrogens with zero attached hydrogens (tertiary/aromatic N) is 5. The number of tetrazole rings is 1. The fourth-order valence-corrected chi connectivity index (χ4v) is 4.91. The Bertz CT molecular complexity index is 1250. The number of unbranched alkanes of at least 4 members (excludes halogenated alkanes) is 1. The summed E-state index contributed by atoms with van der Waals surface area (Å²) in [5.41, 5.74) is 5.54. The number of rotatable bonds is 8. The predicted octanol–water partition coefficient (Wildman–Crippen LogP) is 5.00. The van der Waals surface area contributed by atoms with Crippen molar-refractivity contribution in [2.24, 2.45) is 0 Å². The Hall–Kier alpha value is -3.48. The van der Waals surface area contributed by atoms with Gasteiger partial charge in [-0.1, -0.05) is 74.7 Å². The standard InChI is InChI=1S/C26H30N6O/c1-2-3-8-22-18-32(21-9-4-5-10-21)26(33)31(22)17-19-13-15-20(16-14-19)23-11-6-7-12-24(23)25-27-29-30-28-25/h6-7,11-16,18,21H,2-5,8-10,17H2,1H3,(H,27,28,29,30). The van der Waals surface area contributed by atoms with E-state index in [-0.39, 0.29) is 5.69 Å². The van der Waals surface area contributed by atoms with Gasteiger partial charge in [0.15, 0.2) is 5.82 Å². The molecule has 7 heteroatoms. The first kappa shape index (κ1) is 21.4. The van der Waals surface area contributed by atoms with Gasteiger partial charge in [0.25, 0.3) is 0 Å². The molecule has 0 atom stereocenters. The van der Waals surface area contributed by atoms with Gasteiger partial charge >= 0.3 is 5.69 Å². The third-order valence-corrected chi connectivity index (χ3v) is 6.72. The molecule has 2 aromatic carbocycles. The first-order valence-electron chi connectivity index (χ1n) is 12.0. The van der Waals surface area contributed by atoms with E-state index in [0.29, 0.717) is 18.4 Å². The number of nitrogens with one attached hydrogen (secondary N) is 1. The Morgan fingerprint density at radius 2 is 1.79 bits per heavy atom. The maximum Gasteiger partial charge on any atom is 0.328 e. The highest BCUT2D eigenvalue weighted by Gasteiger charge is 2.22. The van der Waals surface area contributed by atoms with Gasteiger partial charge < -0.3 is 0 Å². The summed E-state index contributed by atoms with van der Waals surface area (Å²) >= 11 is 0. The van der Waals surface area contributed by atoms with Crippen molar-refractivity contribution in [2.45, 2.75) is 64.5 Å². The van der Waals surface area contributed by atoms with Crippen molar-refractivity contribution in [3.8, 4) is 22.5 Å². The average Bonchev–Trinajstić information content (AvgIpc) is 3.62. The van der Waals surface area contributed by atoms with Crippen LogP contribution in [0.2, 0.25) is 0 Å². The van der Waals surface area contributed by atoms with Gasteiger partial charge in [0.1, 0.15) is 0 Å². The monoisotopic (exact) mass is 442 g/mol. The maximum atomic E-state index is 13.3. The van der Waals surface area contributed by atoms with Gasteiger partial charge in [0, 0.05) is 23.5 Å². The van der Waals surface area contributed by atoms with E-state index in [1.807, 2.05) is 27.3 Å². The molecule has 1 aliphatic rings. The number of hydrogen-bond acceptors (Lipinski definition) is 4. The molecule has 0 bridgehead atoms. The minimum Gasteiger partial charge on any atom is -0.296 e. The van der Waals surface area contributed by atoms with E-state index >= 15 is 0 Å². The summed E-state index contributed by atoms with van der Waals surface area (Å²) in [5.74, 6) is 0.648. The van der Waals surface area contributed by atoms with Crippen LogP contribution in [0.4, 0.5) is 0 Å². The van der Waals surface area contributed by atoms with Crippen molar-refractivity contribution >= 4 is 0 Å². The minimum atomic E-state index is 0.139. The van der Waals surface area contributed by atoms with Gasteiger partial charge in [-0.3, -0.25) is 9.13 Å². The molecule has 0 amide bonds. The molecule has 0 unspecified atom stereocenters. The normalized spacial score (nSPS) is 14.2. The molecule has 0 radical (unpaired) electrons. The van der Waals surface area contributed by atoms with E-state index in [1.54, 1.807) is 0 Å². The van der Waals surface area contributed by atoms with Crippen molar-refractivity contribution in [1.82, 2.24) is 29.8 Å². The quantitative estimate of drug-likeness (QED) is 0.416. The average molecular weight is 443 g/mol. The topological polar surface area (TPSA) is 81.4 Å². The Morgan fingerprint density at radius 1 is 1.03 bits per heavy atom. The van der Waals surface area contributed by atoms with E-state index in [2.05, 4.69) is 64.1 Å². The van der Waals surface area contributed by atoms with Crippen LogP contribution < -0.4 is 5.69 Å². The number of imidazole rings is 1. The second-order valence-corrected chi connectivity index (χ2v) is 8.93. The Morgan fingerprint density at radius 3 is 2.48 bits per heavy atom. The molecule has 5 rings (SSSR count). The van der Waals surface area contributed by atoms with Crippen LogP contribution in [-0.2, 0) is 13.0 Å². The van der Waals surface area contributed by atoms with Gasteiger partial charge in [-0.15, -0.1) is 5.10 Å². The van der Waals surface area contributed by atoms with Crippen LogP contribution >= 0.6 is 0 Å². The molecular weight excluding hydrogens is 412 g/mol.